The van der Waals surface area contributed by atoms with E-state index in [4.69, 9.17) is 18.0 Å². The molecule has 1 atom stereocenters. The highest BCUT2D eigenvalue weighted by Crippen LogP contribution is 2.27. The zero-order valence-corrected chi connectivity index (χ0v) is 13.0. The van der Waals surface area contributed by atoms with E-state index < -0.39 is 0 Å². The molecule has 0 aromatic heterocycles. The largest absolute Gasteiger partial charge is 0.389 e. The fourth-order valence-corrected chi connectivity index (χ4v) is 2.67. The van der Waals surface area contributed by atoms with Crippen molar-refractivity contribution in [3.05, 3.63) is 42.0 Å². The second-order valence-corrected chi connectivity index (χ2v) is 5.70. The lowest BCUT2D eigenvalue weighted by molar-refractivity contribution is 0.645. The van der Waals surface area contributed by atoms with Crippen LogP contribution in [0.5, 0.6) is 0 Å². The van der Waals surface area contributed by atoms with Crippen LogP contribution in [0.3, 0.4) is 0 Å². The molecule has 0 fully saturated rings. The van der Waals surface area contributed by atoms with E-state index in [-0.39, 0.29) is 0 Å². The van der Waals surface area contributed by atoms with Crippen LogP contribution in [0.25, 0.3) is 10.8 Å². The molecule has 2 aromatic carbocycles. The third-order valence-electron chi connectivity index (χ3n) is 3.58. The number of hydrogen-bond donors (Lipinski definition) is 2. The summed E-state index contributed by atoms with van der Waals surface area (Å²) in [4.78, 5) is 0.451. The van der Waals surface area contributed by atoms with E-state index in [0.717, 1.165) is 16.6 Å². The normalized spacial score (nSPS) is 12.3. The lowest BCUT2D eigenvalue weighted by atomic mass is 10.0. The summed E-state index contributed by atoms with van der Waals surface area (Å²) in [5.74, 6) is 0. The maximum atomic E-state index is 5.81. The highest BCUT2D eigenvalue weighted by molar-refractivity contribution is 7.80. The first-order valence-electron chi connectivity index (χ1n) is 7.21. The number of nitrogens with one attached hydrogen (secondary N) is 1. The van der Waals surface area contributed by atoms with Gasteiger partial charge in [-0.1, -0.05) is 56.2 Å². The van der Waals surface area contributed by atoms with Crippen molar-refractivity contribution in [2.75, 3.05) is 5.32 Å². The van der Waals surface area contributed by atoms with Crippen molar-refractivity contribution < 1.29 is 0 Å². The molecular weight excluding hydrogens is 264 g/mol. The molecule has 1 unspecified atom stereocenters. The highest BCUT2D eigenvalue weighted by atomic mass is 32.1. The molecule has 0 aliphatic carbocycles. The Kier molecular flexibility index (Phi) is 4.96. The first-order valence-corrected chi connectivity index (χ1v) is 7.62. The Bertz CT molecular complexity index is 607. The predicted octanol–water partition coefficient (Wildman–Crippen LogP) is 4.46. The van der Waals surface area contributed by atoms with Crippen molar-refractivity contribution >= 4 is 33.7 Å². The molecule has 0 amide bonds. The van der Waals surface area contributed by atoms with Crippen LogP contribution in [-0.2, 0) is 0 Å². The van der Waals surface area contributed by atoms with Gasteiger partial charge in [0.2, 0.25) is 0 Å². The summed E-state index contributed by atoms with van der Waals surface area (Å²) in [6.07, 6.45) is 3.66. The van der Waals surface area contributed by atoms with E-state index in [1.807, 2.05) is 18.2 Å². The maximum Gasteiger partial charge on any atom is 0.104 e. The molecule has 106 valence electrons. The van der Waals surface area contributed by atoms with Crippen molar-refractivity contribution in [3.63, 3.8) is 0 Å². The molecule has 0 saturated heterocycles. The van der Waals surface area contributed by atoms with Crippen LogP contribution in [0.2, 0.25) is 0 Å². The van der Waals surface area contributed by atoms with Gasteiger partial charge in [-0.05, 0) is 30.9 Å². The number of unbranched alkanes of at least 4 members (excludes halogenated alkanes) is 1. The van der Waals surface area contributed by atoms with Gasteiger partial charge in [0.05, 0.1) is 0 Å². The summed E-state index contributed by atoms with van der Waals surface area (Å²) in [5, 5.41) is 5.90. The molecule has 0 spiro atoms. The zero-order valence-electron chi connectivity index (χ0n) is 12.1. The Morgan fingerprint density at radius 1 is 1.20 bits per heavy atom. The van der Waals surface area contributed by atoms with Crippen molar-refractivity contribution in [2.45, 2.75) is 39.2 Å². The second-order valence-electron chi connectivity index (χ2n) is 5.26. The van der Waals surface area contributed by atoms with Crippen LogP contribution in [0, 0.1) is 0 Å². The molecule has 0 aliphatic heterocycles. The minimum absolute atomic E-state index is 0.451. The molecule has 0 radical (unpaired) electrons. The van der Waals surface area contributed by atoms with Crippen LogP contribution >= 0.6 is 12.2 Å². The van der Waals surface area contributed by atoms with Crippen molar-refractivity contribution in [3.8, 4) is 0 Å². The molecule has 3 N–H and O–H groups in total. The maximum absolute atomic E-state index is 5.81. The number of benzene rings is 2. The first-order chi connectivity index (χ1) is 9.63. The fourth-order valence-electron chi connectivity index (χ4n) is 2.49. The van der Waals surface area contributed by atoms with E-state index in [1.54, 1.807) is 0 Å². The van der Waals surface area contributed by atoms with Crippen LogP contribution < -0.4 is 11.1 Å². The van der Waals surface area contributed by atoms with Gasteiger partial charge in [-0.3, -0.25) is 0 Å². The van der Waals surface area contributed by atoms with E-state index in [0.29, 0.717) is 11.0 Å². The van der Waals surface area contributed by atoms with Crippen molar-refractivity contribution in [1.82, 2.24) is 0 Å². The highest BCUT2D eigenvalue weighted by Gasteiger charge is 2.09. The summed E-state index contributed by atoms with van der Waals surface area (Å²) in [5.41, 5.74) is 7.91. The monoisotopic (exact) mass is 286 g/mol. The summed E-state index contributed by atoms with van der Waals surface area (Å²) in [7, 11) is 0. The quantitative estimate of drug-likeness (QED) is 0.770. The van der Waals surface area contributed by atoms with Gasteiger partial charge in [0.25, 0.3) is 0 Å². The van der Waals surface area contributed by atoms with Gasteiger partial charge in [-0.25, -0.2) is 0 Å². The average Bonchev–Trinajstić information content (AvgIpc) is 2.45. The van der Waals surface area contributed by atoms with Gasteiger partial charge in [0, 0.05) is 22.7 Å². The van der Waals surface area contributed by atoms with Gasteiger partial charge in [0.1, 0.15) is 4.99 Å². The Balaban J connectivity index is 2.35. The average molecular weight is 286 g/mol. The molecule has 0 bridgehead atoms. The van der Waals surface area contributed by atoms with E-state index in [1.165, 1.54) is 24.6 Å². The summed E-state index contributed by atoms with van der Waals surface area (Å²) in [6.45, 7) is 4.45. The van der Waals surface area contributed by atoms with Gasteiger partial charge in [-0.15, -0.1) is 0 Å². The van der Waals surface area contributed by atoms with Gasteiger partial charge in [-0.2, -0.15) is 0 Å². The Morgan fingerprint density at radius 3 is 2.55 bits per heavy atom. The molecule has 20 heavy (non-hydrogen) atoms. The van der Waals surface area contributed by atoms with Crippen LogP contribution in [0.1, 0.15) is 38.7 Å². The molecule has 0 aliphatic rings. The number of hydrogen-bond acceptors (Lipinski definition) is 2. The standard InChI is InChI=1S/C17H22N2S/c1-3-4-7-12(2)19-16-11-10-15(17(18)20)13-8-5-6-9-14(13)16/h5-6,8-12,19H,3-4,7H2,1-2H3,(H2,18,20). The topological polar surface area (TPSA) is 38.0 Å². The Hall–Kier alpha value is -1.61. The molecule has 0 heterocycles. The molecule has 2 aromatic rings. The summed E-state index contributed by atoms with van der Waals surface area (Å²) >= 11 is 5.14. The van der Waals surface area contributed by atoms with Crippen LogP contribution in [-0.4, -0.2) is 11.0 Å². The minimum atomic E-state index is 0.451. The predicted molar refractivity (Wildman–Crippen MR) is 92.4 cm³/mol. The van der Waals surface area contributed by atoms with Gasteiger partial charge in [0.15, 0.2) is 0 Å². The smallest absolute Gasteiger partial charge is 0.104 e. The molecule has 2 nitrogen and oxygen atoms in total. The fraction of sp³-hybridized carbons (Fsp3) is 0.353. The van der Waals surface area contributed by atoms with Gasteiger partial charge < -0.3 is 11.1 Å². The van der Waals surface area contributed by atoms with Crippen molar-refractivity contribution in [2.24, 2.45) is 5.73 Å². The second kappa shape index (κ2) is 6.71. The molecule has 0 saturated carbocycles. The van der Waals surface area contributed by atoms with Gasteiger partial charge >= 0.3 is 0 Å². The van der Waals surface area contributed by atoms with E-state index in [2.05, 4.69) is 37.4 Å². The molecule has 3 heteroatoms. The number of thiocarbonyl (C=S) groups is 1. The first kappa shape index (κ1) is 14.8. The van der Waals surface area contributed by atoms with Crippen molar-refractivity contribution in [1.29, 1.82) is 0 Å². The third-order valence-corrected chi connectivity index (χ3v) is 3.80. The van der Waals surface area contributed by atoms with E-state index in [9.17, 15) is 0 Å². The summed E-state index contributed by atoms with van der Waals surface area (Å²) < 4.78 is 0. The lowest BCUT2D eigenvalue weighted by Crippen LogP contribution is -2.16. The minimum Gasteiger partial charge on any atom is -0.389 e. The van der Waals surface area contributed by atoms with Crippen LogP contribution in [0.4, 0.5) is 5.69 Å². The molecule has 2 rings (SSSR count). The number of nitrogens with two attached hydrogens (primary N) is 1. The molecular formula is C17H22N2S. The lowest BCUT2D eigenvalue weighted by Gasteiger charge is -2.18. The number of fused-ring (bicyclic) bond motifs is 1. The third kappa shape index (κ3) is 3.28. The van der Waals surface area contributed by atoms with Crippen LogP contribution in [0.15, 0.2) is 36.4 Å². The number of rotatable bonds is 6. The van der Waals surface area contributed by atoms with E-state index >= 15 is 0 Å². The summed E-state index contributed by atoms with van der Waals surface area (Å²) in [6, 6.07) is 12.8. The Labute approximate surface area is 126 Å². The zero-order chi connectivity index (χ0) is 14.5. The SMILES string of the molecule is CCCCC(C)Nc1ccc(C(N)=S)c2ccccc12. The Morgan fingerprint density at radius 2 is 1.90 bits per heavy atom. The number of anilines is 1.